The summed E-state index contributed by atoms with van der Waals surface area (Å²) in [5, 5.41) is 13.2. The zero-order valence-electron chi connectivity index (χ0n) is 12.0. The number of piperidine rings is 1. The zero-order chi connectivity index (χ0) is 13.3. The molecule has 3 rings (SSSR count). The highest BCUT2D eigenvalue weighted by atomic mass is 35.5. The van der Waals surface area contributed by atoms with Gasteiger partial charge in [-0.25, -0.2) is 4.98 Å². The van der Waals surface area contributed by atoms with Crippen LogP contribution in [-0.4, -0.2) is 47.8 Å². The van der Waals surface area contributed by atoms with E-state index in [0.29, 0.717) is 17.9 Å². The molecule has 2 saturated heterocycles. The van der Waals surface area contributed by atoms with Gasteiger partial charge in [-0.05, 0) is 38.3 Å². The lowest BCUT2D eigenvalue weighted by Gasteiger charge is -2.38. The van der Waals surface area contributed by atoms with Crippen molar-refractivity contribution in [3.8, 4) is 0 Å². The zero-order valence-corrected chi connectivity index (χ0v) is 13.6. The van der Waals surface area contributed by atoms with Crippen LogP contribution >= 0.6 is 23.7 Å². The Morgan fingerprint density at radius 2 is 2.25 bits per heavy atom. The quantitative estimate of drug-likeness (QED) is 0.890. The van der Waals surface area contributed by atoms with Crippen molar-refractivity contribution in [1.29, 1.82) is 0 Å². The number of thiazole rings is 1. The summed E-state index contributed by atoms with van der Waals surface area (Å²) in [5.41, 5.74) is 3.44. The van der Waals surface area contributed by atoms with Crippen molar-refractivity contribution in [2.24, 2.45) is 11.3 Å². The summed E-state index contributed by atoms with van der Waals surface area (Å²) in [5.74, 6) is 0.447. The van der Waals surface area contributed by atoms with E-state index >= 15 is 0 Å². The van der Waals surface area contributed by atoms with Crippen molar-refractivity contribution in [3.05, 3.63) is 16.1 Å². The molecular weight excluding hydrogens is 294 g/mol. The summed E-state index contributed by atoms with van der Waals surface area (Å²) < 4.78 is 0. The molecule has 0 saturated carbocycles. The second kappa shape index (κ2) is 6.71. The number of rotatable bonds is 3. The van der Waals surface area contributed by atoms with Gasteiger partial charge >= 0.3 is 0 Å². The van der Waals surface area contributed by atoms with E-state index in [9.17, 15) is 5.11 Å². The fourth-order valence-electron chi connectivity index (χ4n) is 3.69. The molecule has 1 atom stereocenters. The lowest BCUT2D eigenvalue weighted by atomic mass is 9.71. The predicted molar refractivity (Wildman–Crippen MR) is 84.5 cm³/mol. The first kappa shape index (κ1) is 16.2. The molecule has 2 fully saturated rings. The van der Waals surface area contributed by atoms with Crippen LogP contribution in [0, 0.1) is 18.3 Å². The van der Waals surface area contributed by atoms with Crippen LogP contribution in [0.2, 0.25) is 0 Å². The molecular formula is C14H24ClN3OS. The summed E-state index contributed by atoms with van der Waals surface area (Å²) in [6.07, 6.45) is 2.41. The van der Waals surface area contributed by atoms with E-state index in [4.69, 9.17) is 0 Å². The van der Waals surface area contributed by atoms with Crippen molar-refractivity contribution in [1.82, 2.24) is 15.2 Å². The molecule has 1 aromatic heterocycles. The number of aliphatic hydroxyl groups is 1. The molecule has 0 bridgehead atoms. The van der Waals surface area contributed by atoms with E-state index in [2.05, 4.69) is 22.1 Å². The molecule has 1 unspecified atom stereocenters. The number of hydrogen-bond acceptors (Lipinski definition) is 5. The van der Waals surface area contributed by atoms with Gasteiger partial charge in [0.25, 0.3) is 0 Å². The topological polar surface area (TPSA) is 48.4 Å². The average molecular weight is 318 g/mol. The summed E-state index contributed by atoms with van der Waals surface area (Å²) in [7, 11) is 0. The average Bonchev–Trinajstić information content (AvgIpc) is 2.96. The molecule has 0 amide bonds. The Balaban J connectivity index is 0.00000147. The van der Waals surface area contributed by atoms with Gasteiger partial charge in [0, 0.05) is 37.0 Å². The van der Waals surface area contributed by atoms with Crippen LogP contribution in [0.15, 0.2) is 5.51 Å². The Morgan fingerprint density at radius 1 is 1.50 bits per heavy atom. The molecule has 2 aliphatic heterocycles. The molecule has 0 radical (unpaired) electrons. The fourth-order valence-corrected chi connectivity index (χ4v) is 4.51. The number of aliphatic hydroxyl groups excluding tert-OH is 1. The van der Waals surface area contributed by atoms with Gasteiger partial charge < -0.3 is 10.4 Å². The normalized spacial score (nSPS) is 25.8. The highest BCUT2D eigenvalue weighted by Gasteiger charge is 2.46. The summed E-state index contributed by atoms with van der Waals surface area (Å²) in [4.78, 5) is 8.23. The molecule has 1 aromatic rings. The molecule has 2 N–H and O–H groups in total. The van der Waals surface area contributed by atoms with Crippen molar-refractivity contribution in [3.63, 3.8) is 0 Å². The summed E-state index contributed by atoms with van der Waals surface area (Å²) >= 11 is 1.75. The monoisotopic (exact) mass is 317 g/mol. The van der Waals surface area contributed by atoms with E-state index in [1.807, 2.05) is 5.51 Å². The smallest absolute Gasteiger partial charge is 0.0798 e. The Hall–Kier alpha value is -0.200. The van der Waals surface area contributed by atoms with Gasteiger partial charge in [0.1, 0.15) is 0 Å². The minimum atomic E-state index is 0. The van der Waals surface area contributed by atoms with Crippen molar-refractivity contribution in [2.75, 3.05) is 32.8 Å². The fraction of sp³-hybridized carbons (Fsp3) is 0.786. The molecule has 0 aliphatic carbocycles. The maximum atomic E-state index is 9.73. The second-order valence-corrected chi connectivity index (χ2v) is 6.96. The van der Waals surface area contributed by atoms with E-state index in [0.717, 1.165) is 38.4 Å². The number of aromatic nitrogens is 1. The standard InChI is InChI=1S/C14H23N3OS.ClH/c1-11-13(19-10-16-11)7-17-6-12(8-18)14(9-17)2-4-15-5-3-14;/h10,12,15,18H,2-9H2,1H3;1H. The van der Waals surface area contributed by atoms with Gasteiger partial charge in [0.2, 0.25) is 0 Å². The van der Waals surface area contributed by atoms with Gasteiger partial charge in [-0.1, -0.05) is 0 Å². The second-order valence-electron chi connectivity index (χ2n) is 6.02. The van der Waals surface area contributed by atoms with E-state index in [1.54, 1.807) is 11.3 Å². The van der Waals surface area contributed by atoms with Crippen LogP contribution in [-0.2, 0) is 6.54 Å². The lowest BCUT2D eigenvalue weighted by Crippen LogP contribution is -2.42. The van der Waals surface area contributed by atoms with Crippen LogP contribution < -0.4 is 5.32 Å². The van der Waals surface area contributed by atoms with Crippen molar-refractivity contribution >= 4 is 23.7 Å². The minimum absolute atomic E-state index is 0. The van der Waals surface area contributed by atoms with Crippen molar-refractivity contribution < 1.29 is 5.11 Å². The molecule has 2 aliphatic rings. The Kier molecular flexibility index (Phi) is 5.42. The van der Waals surface area contributed by atoms with Gasteiger partial charge in [-0.2, -0.15) is 0 Å². The summed E-state index contributed by atoms with van der Waals surface area (Å²) in [6.45, 7) is 7.80. The molecule has 6 heteroatoms. The minimum Gasteiger partial charge on any atom is -0.396 e. The Labute approximate surface area is 131 Å². The lowest BCUT2D eigenvalue weighted by molar-refractivity contribution is 0.0984. The first-order valence-electron chi connectivity index (χ1n) is 7.16. The molecule has 3 heterocycles. The number of likely N-dealkylation sites (tertiary alicyclic amines) is 1. The van der Waals surface area contributed by atoms with Crippen LogP contribution in [0.25, 0.3) is 0 Å². The van der Waals surface area contributed by atoms with Crippen LogP contribution in [0.3, 0.4) is 0 Å². The number of nitrogens with zero attached hydrogens (tertiary/aromatic N) is 2. The third kappa shape index (κ3) is 3.02. The Morgan fingerprint density at radius 3 is 2.85 bits per heavy atom. The highest BCUT2D eigenvalue weighted by molar-refractivity contribution is 7.09. The number of halogens is 1. The Bertz CT molecular complexity index is 434. The first-order chi connectivity index (χ1) is 9.23. The van der Waals surface area contributed by atoms with Crippen LogP contribution in [0.1, 0.15) is 23.4 Å². The highest BCUT2D eigenvalue weighted by Crippen LogP contribution is 2.43. The first-order valence-corrected chi connectivity index (χ1v) is 8.04. The number of aryl methyl sites for hydroxylation is 1. The summed E-state index contributed by atoms with van der Waals surface area (Å²) in [6, 6.07) is 0. The third-order valence-corrected chi connectivity index (χ3v) is 5.83. The predicted octanol–water partition coefficient (Wildman–Crippen LogP) is 1.67. The van der Waals surface area contributed by atoms with Gasteiger partial charge in [0.05, 0.1) is 11.2 Å². The molecule has 0 aromatic carbocycles. The molecule has 4 nitrogen and oxygen atoms in total. The van der Waals surface area contributed by atoms with E-state index in [-0.39, 0.29) is 12.4 Å². The van der Waals surface area contributed by atoms with Crippen LogP contribution in [0.5, 0.6) is 0 Å². The third-order valence-electron chi connectivity index (χ3n) is 4.91. The van der Waals surface area contributed by atoms with Gasteiger partial charge in [0.15, 0.2) is 0 Å². The van der Waals surface area contributed by atoms with Gasteiger partial charge in [-0.3, -0.25) is 4.90 Å². The van der Waals surface area contributed by atoms with E-state index < -0.39 is 0 Å². The SMILES string of the molecule is Cc1ncsc1CN1CC(CO)C2(CCNCC2)C1.Cl. The van der Waals surface area contributed by atoms with E-state index in [1.165, 1.54) is 17.7 Å². The number of nitrogens with one attached hydrogen (secondary N) is 1. The molecule has 114 valence electrons. The maximum absolute atomic E-state index is 9.73. The maximum Gasteiger partial charge on any atom is 0.0798 e. The van der Waals surface area contributed by atoms with Gasteiger partial charge in [-0.15, -0.1) is 23.7 Å². The van der Waals surface area contributed by atoms with Crippen LogP contribution in [0.4, 0.5) is 0 Å². The molecule has 1 spiro atoms. The largest absolute Gasteiger partial charge is 0.396 e. The molecule has 20 heavy (non-hydrogen) atoms. The number of hydrogen-bond donors (Lipinski definition) is 2. The van der Waals surface area contributed by atoms with Crippen molar-refractivity contribution in [2.45, 2.75) is 26.3 Å².